The molecule has 53 heavy (non-hydrogen) atoms. The molecule has 0 bridgehead atoms. The van der Waals surface area contributed by atoms with Crippen LogP contribution in [0.5, 0.6) is 0 Å². The zero-order valence-corrected chi connectivity index (χ0v) is 28.6. The predicted octanol–water partition coefficient (Wildman–Crippen LogP) is 13.0. The second kappa shape index (κ2) is 11.7. The minimum absolute atomic E-state index is 0.901. The van der Waals surface area contributed by atoms with Crippen molar-refractivity contribution in [2.75, 3.05) is 0 Å². The zero-order valence-electron chi connectivity index (χ0n) is 28.6. The van der Waals surface area contributed by atoms with Crippen LogP contribution in [0.3, 0.4) is 0 Å². The third-order valence-electron chi connectivity index (χ3n) is 10.5. The third kappa shape index (κ3) is 4.59. The molecule has 11 rings (SSSR count). The molecule has 248 valence electrons. The third-order valence-corrected chi connectivity index (χ3v) is 10.5. The van der Waals surface area contributed by atoms with Crippen molar-refractivity contribution in [2.24, 2.45) is 0 Å². The molecule has 3 aromatic heterocycles. The molecule has 0 saturated heterocycles. The van der Waals surface area contributed by atoms with E-state index in [4.69, 9.17) is 9.40 Å². The van der Waals surface area contributed by atoms with Crippen molar-refractivity contribution in [2.45, 2.75) is 0 Å². The Morgan fingerprint density at radius 2 is 1.06 bits per heavy atom. The lowest BCUT2D eigenvalue weighted by Gasteiger charge is -2.14. The van der Waals surface area contributed by atoms with Gasteiger partial charge in [-0.15, -0.1) is 0 Å². The molecule has 4 nitrogen and oxygen atoms in total. The normalized spacial score (nSPS) is 11.8. The van der Waals surface area contributed by atoms with Gasteiger partial charge in [0.05, 0.1) is 22.1 Å². The van der Waals surface area contributed by atoms with Crippen LogP contribution in [0.4, 0.5) is 0 Å². The van der Waals surface area contributed by atoms with Crippen LogP contribution in [0, 0.1) is 0 Å². The van der Waals surface area contributed by atoms with E-state index < -0.39 is 0 Å². The van der Waals surface area contributed by atoms with Crippen molar-refractivity contribution in [1.29, 1.82) is 0 Å². The summed E-state index contributed by atoms with van der Waals surface area (Å²) in [5, 5.41) is 4.67. The summed E-state index contributed by atoms with van der Waals surface area (Å²) >= 11 is 0. The van der Waals surface area contributed by atoms with Crippen LogP contribution < -0.4 is 0 Å². The van der Waals surface area contributed by atoms with E-state index in [0.717, 1.165) is 89.0 Å². The fourth-order valence-corrected chi connectivity index (χ4v) is 8.18. The molecule has 0 unspecified atom stereocenters. The van der Waals surface area contributed by atoms with E-state index in [0.29, 0.717) is 0 Å². The van der Waals surface area contributed by atoms with Crippen LogP contribution in [0.25, 0.3) is 99.8 Å². The van der Waals surface area contributed by atoms with Crippen molar-refractivity contribution in [1.82, 2.24) is 14.1 Å². The molecule has 0 aliphatic rings. The molecule has 0 aliphatic carbocycles. The number of hydrogen-bond donors (Lipinski definition) is 0. The van der Waals surface area contributed by atoms with Gasteiger partial charge in [-0.25, -0.2) is 4.98 Å². The Balaban J connectivity index is 1.11. The highest BCUT2D eigenvalue weighted by atomic mass is 16.3. The van der Waals surface area contributed by atoms with Crippen LogP contribution in [0.2, 0.25) is 0 Å². The number of aromatic nitrogens is 3. The Kier molecular flexibility index (Phi) is 6.52. The molecular weight excluding hydrogens is 647 g/mol. The molecule has 0 amide bonds. The van der Waals surface area contributed by atoms with E-state index in [1.54, 1.807) is 0 Å². The van der Waals surface area contributed by atoms with Crippen molar-refractivity contribution in [3.05, 3.63) is 188 Å². The largest absolute Gasteiger partial charge is 0.455 e. The van der Waals surface area contributed by atoms with E-state index in [9.17, 15) is 0 Å². The minimum atomic E-state index is 0.901. The quantitative estimate of drug-likeness (QED) is 0.182. The first-order valence-electron chi connectivity index (χ1n) is 18.0. The molecule has 0 radical (unpaired) electrons. The Morgan fingerprint density at radius 3 is 1.94 bits per heavy atom. The van der Waals surface area contributed by atoms with Crippen LogP contribution in [-0.2, 0) is 0 Å². The topological polar surface area (TPSA) is 35.9 Å². The molecule has 0 fully saturated rings. The van der Waals surface area contributed by atoms with E-state index in [2.05, 4.69) is 185 Å². The number of furan rings is 1. The summed E-state index contributed by atoms with van der Waals surface area (Å²) in [6.45, 7) is 0. The smallest absolute Gasteiger partial charge is 0.145 e. The average molecular weight is 678 g/mol. The maximum atomic E-state index is 6.45. The monoisotopic (exact) mass is 677 g/mol. The summed E-state index contributed by atoms with van der Waals surface area (Å²) in [5.41, 5.74) is 13.9. The van der Waals surface area contributed by atoms with Gasteiger partial charge >= 0.3 is 0 Å². The van der Waals surface area contributed by atoms with E-state index >= 15 is 0 Å². The molecule has 4 heteroatoms. The number of fused-ring (bicyclic) bond motifs is 7. The maximum Gasteiger partial charge on any atom is 0.145 e. The van der Waals surface area contributed by atoms with E-state index in [1.807, 2.05) is 12.1 Å². The highest BCUT2D eigenvalue weighted by Crippen LogP contribution is 2.40. The molecule has 0 atom stereocenters. The number of rotatable bonds is 5. The highest BCUT2D eigenvalue weighted by molar-refractivity contribution is 6.13. The van der Waals surface area contributed by atoms with Gasteiger partial charge in [0.1, 0.15) is 17.0 Å². The van der Waals surface area contributed by atoms with Gasteiger partial charge in [-0.05, 0) is 65.7 Å². The number of benzene rings is 8. The van der Waals surface area contributed by atoms with Gasteiger partial charge in [0, 0.05) is 49.6 Å². The molecule has 0 N–H and O–H groups in total. The predicted molar refractivity (Wildman–Crippen MR) is 219 cm³/mol. The van der Waals surface area contributed by atoms with Gasteiger partial charge in [-0.3, -0.25) is 4.57 Å². The van der Waals surface area contributed by atoms with Crippen molar-refractivity contribution in [3.63, 3.8) is 0 Å². The molecule has 0 saturated carbocycles. The van der Waals surface area contributed by atoms with Gasteiger partial charge in [0.2, 0.25) is 0 Å². The number of imidazole rings is 1. The van der Waals surface area contributed by atoms with Gasteiger partial charge in [0.15, 0.2) is 0 Å². The molecule has 0 spiro atoms. The molecular formula is C49H31N3O. The van der Waals surface area contributed by atoms with E-state index in [-0.39, 0.29) is 0 Å². The first-order valence-corrected chi connectivity index (χ1v) is 18.0. The standard InChI is InChI=1S/C49H31N3O/c1-3-14-32(15-4-1)37-22-13-25-43-47(37)52(35-17-5-2-6-18-35)49(50-43)34-16-11-19-36(30-34)51-44-26-9-7-20-39(44)42-31-33(28-29-45(42)51)38-23-12-24-41-40-21-8-10-27-46(40)53-48(38)41/h1-31H. The minimum Gasteiger partial charge on any atom is -0.455 e. The Bertz CT molecular complexity index is 3170. The average Bonchev–Trinajstić information content (AvgIpc) is 3.91. The van der Waals surface area contributed by atoms with Gasteiger partial charge in [-0.1, -0.05) is 133 Å². The number of nitrogens with zero attached hydrogens (tertiary/aromatic N) is 3. The van der Waals surface area contributed by atoms with Crippen LogP contribution in [-0.4, -0.2) is 14.1 Å². The first kappa shape index (κ1) is 29.5. The summed E-state index contributed by atoms with van der Waals surface area (Å²) in [7, 11) is 0. The maximum absolute atomic E-state index is 6.45. The lowest BCUT2D eigenvalue weighted by Crippen LogP contribution is -2.00. The van der Waals surface area contributed by atoms with Crippen molar-refractivity contribution >= 4 is 54.8 Å². The summed E-state index contributed by atoms with van der Waals surface area (Å²) in [6.07, 6.45) is 0. The number of hydrogen-bond acceptors (Lipinski definition) is 2. The van der Waals surface area contributed by atoms with Gasteiger partial charge in [0.25, 0.3) is 0 Å². The van der Waals surface area contributed by atoms with Crippen LogP contribution >= 0.6 is 0 Å². The molecule has 3 heterocycles. The zero-order chi connectivity index (χ0) is 34.9. The molecule has 11 aromatic rings. The van der Waals surface area contributed by atoms with Crippen molar-refractivity contribution < 1.29 is 4.42 Å². The van der Waals surface area contributed by atoms with Gasteiger partial charge < -0.3 is 8.98 Å². The second-order valence-electron chi connectivity index (χ2n) is 13.6. The van der Waals surface area contributed by atoms with Crippen molar-refractivity contribution in [3.8, 4) is 45.0 Å². The fourth-order valence-electron chi connectivity index (χ4n) is 8.18. The Morgan fingerprint density at radius 1 is 0.396 bits per heavy atom. The van der Waals surface area contributed by atoms with Crippen LogP contribution in [0.1, 0.15) is 0 Å². The summed E-state index contributed by atoms with van der Waals surface area (Å²) in [5.74, 6) is 0.901. The Labute approximate surface area is 305 Å². The summed E-state index contributed by atoms with van der Waals surface area (Å²) in [4.78, 5) is 5.32. The SMILES string of the molecule is c1ccc(-c2cccc3nc(-c4cccc(-n5c6ccccc6c6cc(-c7cccc8c7oc7ccccc78)ccc65)c4)n(-c4ccccc4)c23)cc1. The van der Waals surface area contributed by atoms with E-state index in [1.165, 1.54) is 10.8 Å². The fraction of sp³-hybridized carbons (Fsp3) is 0. The Hall–Kier alpha value is -7.17. The summed E-state index contributed by atoms with van der Waals surface area (Å²) < 4.78 is 11.1. The number of para-hydroxylation sites is 5. The lowest BCUT2D eigenvalue weighted by atomic mass is 10.0. The highest BCUT2D eigenvalue weighted by Gasteiger charge is 2.20. The van der Waals surface area contributed by atoms with Gasteiger partial charge in [-0.2, -0.15) is 0 Å². The van der Waals surface area contributed by atoms with Crippen LogP contribution in [0.15, 0.2) is 192 Å². The lowest BCUT2D eigenvalue weighted by molar-refractivity contribution is 0.670. The first-order chi connectivity index (χ1) is 26.3. The molecule has 0 aliphatic heterocycles. The molecule has 8 aromatic carbocycles. The summed E-state index contributed by atoms with van der Waals surface area (Å²) in [6, 6.07) is 66.6. The second-order valence-corrected chi connectivity index (χ2v) is 13.6.